The molecule has 2 fully saturated rings. The van der Waals surface area contributed by atoms with Gasteiger partial charge in [-0.2, -0.15) is 0 Å². The average Bonchev–Trinajstić information content (AvgIpc) is 2.72. The Morgan fingerprint density at radius 3 is 2.48 bits per heavy atom. The van der Waals surface area contributed by atoms with Gasteiger partial charge in [0.15, 0.2) is 0 Å². The molecule has 1 aromatic carbocycles. The van der Waals surface area contributed by atoms with Gasteiger partial charge in [0.1, 0.15) is 17.4 Å². The van der Waals surface area contributed by atoms with Crippen LogP contribution in [0, 0.1) is 16.7 Å². The summed E-state index contributed by atoms with van der Waals surface area (Å²) in [5, 5.41) is 24.3. The summed E-state index contributed by atoms with van der Waals surface area (Å²) in [6.07, 6.45) is 1.58. The maximum absolute atomic E-state index is 12.1. The van der Waals surface area contributed by atoms with Crippen molar-refractivity contribution in [2.24, 2.45) is 16.7 Å². The van der Waals surface area contributed by atoms with Crippen molar-refractivity contribution in [3.63, 3.8) is 0 Å². The number of fused-ring (bicyclic) bond motifs is 2. The Balaban J connectivity index is 1.64. The lowest BCUT2D eigenvalue weighted by Crippen LogP contribution is -2.72. The third-order valence-corrected chi connectivity index (χ3v) is 8.57. The van der Waals surface area contributed by atoms with Crippen molar-refractivity contribution >= 4 is 16.9 Å². The van der Waals surface area contributed by atoms with Crippen LogP contribution < -0.4 is 10.4 Å². The summed E-state index contributed by atoms with van der Waals surface area (Å²) in [5.41, 5.74) is -3.58. The van der Waals surface area contributed by atoms with Gasteiger partial charge in [0, 0.05) is 41.2 Å². The molecule has 33 heavy (non-hydrogen) atoms. The van der Waals surface area contributed by atoms with Crippen molar-refractivity contribution in [1.82, 2.24) is 0 Å². The number of hydrogen-bond donors (Lipinski definition) is 2. The van der Waals surface area contributed by atoms with Crippen LogP contribution in [0.5, 0.6) is 5.75 Å². The molecule has 0 aliphatic heterocycles. The van der Waals surface area contributed by atoms with E-state index in [1.165, 1.54) is 13.0 Å². The van der Waals surface area contributed by atoms with E-state index in [0.29, 0.717) is 37.0 Å². The number of rotatable bonds is 4. The van der Waals surface area contributed by atoms with Crippen molar-refractivity contribution < 1.29 is 28.9 Å². The molecule has 0 bridgehead atoms. The van der Waals surface area contributed by atoms with Gasteiger partial charge < -0.3 is 24.1 Å². The van der Waals surface area contributed by atoms with E-state index < -0.39 is 33.8 Å². The molecular formula is C26H34O7. The predicted octanol–water partition coefficient (Wildman–Crippen LogP) is 3.82. The van der Waals surface area contributed by atoms with Crippen LogP contribution >= 0.6 is 0 Å². The molecular weight excluding hydrogens is 424 g/mol. The molecule has 2 aliphatic carbocycles. The molecule has 0 amide bonds. The largest absolute Gasteiger partial charge is 0.493 e. The molecule has 2 aromatic rings. The highest BCUT2D eigenvalue weighted by Crippen LogP contribution is 2.64. The molecule has 5 unspecified atom stereocenters. The Labute approximate surface area is 193 Å². The molecule has 2 saturated carbocycles. The number of benzene rings is 1. The third kappa shape index (κ3) is 3.75. The van der Waals surface area contributed by atoms with Gasteiger partial charge in [0.2, 0.25) is 0 Å². The summed E-state index contributed by atoms with van der Waals surface area (Å²) >= 11 is 0. The first kappa shape index (κ1) is 23.8. The fourth-order valence-corrected chi connectivity index (χ4v) is 6.45. The average molecular weight is 459 g/mol. The normalized spacial score (nSPS) is 35.6. The zero-order chi connectivity index (χ0) is 24.2. The molecule has 1 heterocycles. The molecule has 5 atom stereocenters. The monoisotopic (exact) mass is 458 g/mol. The van der Waals surface area contributed by atoms with Crippen LogP contribution in [-0.2, 0) is 9.53 Å². The number of esters is 1. The highest BCUT2D eigenvalue weighted by atomic mass is 16.5. The van der Waals surface area contributed by atoms with E-state index in [1.807, 2.05) is 26.8 Å². The van der Waals surface area contributed by atoms with Crippen LogP contribution in [-0.4, -0.2) is 40.1 Å². The Morgan fingerprint density at radius 1 is 1.09 bits per heavy atom. The minimum absolute atomic E-state index is 0.183. The lowest BCUT2D eigenvalue weighted by atomic mass is 9.42. The van der Waals surface area contributed by atoms with Crippen molar-refractivity contribution in [2.45, 2.75) is 77.6 Å². The van der Waals surface area contributed by atoms with Gasteiger partial charge in [-0.1, -0.05) is 20.8 Å². The summed E-state index contributed by atoms with van der Waals surface area (Å²) < 4.78 is 17.0. The molecule has 7 heteroatoms. The second-order valence-corrected chi connectivity index (χ2v) is 10.8. The van der Waals surface area contributed by atoms with Crippen LogP contribution in [0.25, 0.3) is 11.0 Å². The Kier molecular flexibility index (Phi) is 5.65. The maximum Gasteiger partial charge on any atom is 0.336 e. The predicted molar refractivity (Wildman–Crippen MR) is 123 cm³/mol. The number of carbonyl (C=O) groups is 1. The molecule has 0 saturated heterocycles. The molecule has 1 aromatic heterocycles. The minimum atomic E-state index is -1.16. The third-order valence-electron chi connectivity index (χ3n) is 8.57. The van der Waals surface area contributed by atoms with Gasteiger partial charge in [-0.3, -0.25) is 4.79 Å². The summed E-state index contributed by atoms with van der Waals surface area (Å²) in [5.74, 6) is -0.205. The zero-order valence-electron chi connectivity index (χ0n) is 20.0. The first-order chi connectivity index (χ1) is 15.3. The summed E-state index contributed by atoms with van der Waals surface area (Å²) in [4.78, 5) is 23.3. The van der Waals surface area contributed by atoms with Crippen LogP contribution in [0.2, 0.25) is 0 Å². The Morgan fingerprint density at radius 2 is 1.79 bits per heavy atom. The first-order valence-corrected chi connectivity index (χ1v) is 11.6. The zero-order valence-corrected chi connectivity index (χ0v) is 20.0. The van der Waals surface area contributed by atoms with Crippen molar-refractivity contribution in [3.05, 3.63) is 40.8 Å². The number of hydrogen-bond acceptors (Lipinski definition) is 7. The highest BCUT2D eigenvalue weighted by Gasteiger charge is 2.69. The van der Waals surface area contributed by atoms with Crippen molar-refractivity contribution in [2.75, 3.05) is 6.61 Å². The van der Waals surface area contributed by atoms with Crippen molar-refractivity contribution in [3.8, 4) is 5.75 Å². The van der Waals surface area contributed by atoms with E-state index in [-0.39, 0.29) is 18.5 Å². The van der Waals surface area contributed by atoms with E-state index in [2.05, 4.69) is 0 Å². The number of ether oxygens (including phenoxy) is 2. The summed E-state index contributed by atoms with van der Waals surface area (Å²) in [7, 11) is 0. The van der Waals surface area contributed by atoms with Crippen LogP contribution in [0.3, 0.4) is 0 Å². The SMILES string of the molecule is CC(=O)OC1CCC2(C)C(COc3ccc4ccc(=O)oc4c3)C(C)(O)CCC2(O)C1(C)C. The van der Waals surface area contributed by atoms with E-state index >= 15 is 0 Å². The maximum atomic E-state index is 12.1. The van der Waals surface area contributed by atoms with Gasteiger partial charge in [0.25, 0.3) is 0 Å². The topological polar surface area (TPSA) is 106 Å². The van der Waals surface area contributed by atoms with Gasteiger partial charge >= 0.3 is 11.6 Å². The van der Waals surface area contributed by atoms with E-state index in [9.17, 15) is 19.8 Å². The van der Waals surface area contributed by atoms with E-state index in [1.54, 1.807) is 25.1 Å². The number of aliphatic hydroxyl groups is 2. The van der Waals surface area contributed by atoms with Crippen LogP contribution in [0.15, 0.2) is 39.5 Å². The molecule has 0 spiro atoms. The molecule has 4 rings (SSSR count). The fraction of sp³-hybridized carbons (Fsp3) is 0.615. The minimum Gasteiger partial charge on any atom is -0.493 e. The van der Waals surface area contributed by atoms with Crippen LogP contribution in [0.4, 0.5) is 0 Å². The second-order valence-electron chi connectivity index (χ2n) is 10.8. The number of carbonyl (C=O) groups excluding carboxylic acids is 1. The quantitative estimate of drug-likeness (QED) is 0.530. The summed E-state index contributed by atoms with van der Waals surface area (Å²) in [6, 6.07) is 8.36. The summed E-state index contributed by atoms with van der Waals surface area (Å²) in [6.45, 7) is 9.28. The smallest absolute Gasteiger partial charge is 0.336 e. The van der Waals surface area contributed by atoms with Gasteiger partial charge in [-0.25, -0.2) is 4.79 Å². The molecule has 2 N–H and O–H groups in total. The fourth-order valence-electron chi connectivity index (χ4n) is 6.45. The Bertz CT molecular complexity index is 1120. The first-order valence-electron chi connectivity index (χ1n) is 11.6. The molecule has 180 valence electrons. The molecule has 2 aliphatic rings. The van der Waals surface area contributed by atoms with Crippen LogP contribution in [0.1, 0.15) is 60.3 Å². The Hall–Kier alpha value is -2.38. The van der Waals surface area contributed by atoms with Gasteiger partial charge in [-0.15, -0.1) is 0 Å². The van der Waals surface area contributed by atoms with Crippen molar-refractivity contribution in [1.29, 1.82) is 0 Å². The standard InChI is InChI=1S/C26H34O7/c1-16(27)32-21-10-11-24(4)20(25(5,29)12-13-26(24,30)23(21,2)3)15-31-18-8-6-17-7-9-22(28)33-19(17)14-18/h6-9,14,20-21,29-30H,10-13,15H2,1-5H3. The lowest BCUT2D eigenvalue weighted by molar-refractivity contribution is -0.292. The van der Waals surface area contributed by atoms with Gasteiger partial charge in [0.05, 0.1) is 17.8 Å². The molecule has 7 nitrogen and oxygen atoms in total. The van der Waals surface area contributed by atoms with E-state index in [0.717, 1.165) is 5.39 Å². The van der Waals surface area contributed by atoms with Gasteiger partial charge in [-0.05, 0) is 50.8 Å². The second kappa shape index (κ2) is 7.84. The highest BCUT2D eigenvalue weighted by molar-refractivity contribution is 5.77. The molecule has 0 radical (unpaired) electrons. The lowest BCUT2D eigenvalue weighted by Gasteiger charge is -2.66. The van der Waals surface area contributed by atoms with E-state index in [4.69, 9.17) is 13.9 Å².